The standard InChI is InChI=1S/C18H26N2O3/c1-3-19(13-15-8-10-16(23-2)11-9-15)18(22)14-20-12-6-4-5-7-17(20)21/h8-11H,3-7,12-14H2,1-2H3. The van der Waals surface area contributed by atoms with Gasteiger partial charge in [-0.15, -0.1) is 0 Å². The number of rotatable bonds is 6. The van der Waals surface area contributed by atoms with Crippen LogP contribution in [0.4, 0.5) is 0 Å². The Kier molecular flexibility index (Phi) is 6.44. The Morgan fingerprint density at radius 1 is 1.22 bits per heavy atom. The Morgan fingerprint density at radius 2 is 1.96 bits per heavy atom. The minimum Gasteiger partial charge on any atom is -0.497 e. The maximum atomic E-state index is 12.5. The van der Waals surface area contributed by atoms with Crippen molar-refractivity contribution in [2.45, 2.75) is 39.2 Å². The summed E-state index contributed by atoms with van der Waals surface area (Å²) in [5.41, 5.74) is 1.06. The largest absolute Gasteiger partial charge is 0.497 e. The van der Waals surface area contributed by atoms with E-state index in [0.717, 1.165) is 30.6 Å². The van der Waals surface area contributed by atoms with E-state index in [2.05, 4.69) is 0 Å². The van der Waals surface area contributed by atoms with Gasteiger partial charge in [0.15, 0.2) is 0 Å². The van der Waals surface area contributed by atoms with E-state index in [1.54, 1.807) is 16.9 Å². The molecule has 0 unspecified atom stereocenters. The summed E-state index contributed by atoms with van der Waals surface area (Å²) in [7, 11) is 1.63. The number of benzene rings is 1. The van der Waals surface area contributed by atoms with Gasteiger partial charge in [-0.1, -0.05) is 18.6 Å². The first-order valence-corrected chi connectivity index (χ1v) is 8.32. The molecule has 0 N–H and O–H groups in total. The Bertz CT molecular complexity index is 528. The molecule has 1 aliphatic rings. The first kappa shape index (κ1) is 17.3. The molecule has 126 valence electrons. The lowest BCUT2D eigenvalue weighted by molar-refractivity contribution is -0.140. The van der Waals surface area contributed by atoms with Crippen molar-refractivity contribution in [1.82, 2.24) is 9.80 Å². The quantitative estimate of drug-likeness (QED) is 0.809. The highest BCUT2D eigenvalue weighted by Crippen LogP contribution is 2.14. The lowest BCUT2D eigenvalue weighted by atomic mass is 10.2. The maximum Gasteiger partial charge on any atom is 0.242 e. The minimum absolute atomic E-state index is 0.0126. The fraction of sp³-hybridized carbons (Fsp3) is 0.556. The molecular weight excluding hydrogens is 292 g/mol. The molecule has 0 spiro atoms. The minimum atomic E-state index is 0.0126. The summed E-state index contributed by atoms with van der Waals surface area (Å²) in [6.45, 7) is 4.05. The van der Waals surface area contributed by atoms with E-state index in [-0.39, 0.29) is 18.4 Å². The van der Waals surface area contributed by atoms with Gasteiger partial charge in [-0.05, 0) is 37.5 Å². The molecule has 0 radical (unpaired) electrons. The van der Waals surface area contributed by atoms with E-state index in [0.29, 0.717) is 26.1 Å². The Labute approximate surface area is 138 Å². The van der Waals surface area contributed by atoms with Crippen LogP contribution in [0.5, 0.6) is 5.75 Å². The molecular formula is C18H26N2O3. The maximum absolute atomic E-state index is 12.5. The molecule has 1 saturated heterocycles. The number of methoxy groups -OCH3 is 1. The SMILES string of the molecule is CCN(Cc1ccc(OC)cc1)C(=O)CN1CCCCCC1=O. The fourth-order valence-corrected chi connectivity index (χ4v) is 2.80. The van der Waals surface area contributed by atoms with Crippen LogP contribution < -0.4 is 4.74 Å². The number of nitrogens with zero attached hydrogens (tertiary/aromatic N) is 2. The van der Waals surface area contributed by atoms with Crippen LogP contribution in [0.2, 0.25) is 0 Å². The number of carbonyl (C=O) groups excluding carboxylic acids is 2. The fourth-order valence-electron chi connectivity index (χ4n) is 2.80. The third-order valence-electron chi connectivity index (χ3n) is 4.26. The molecule has 0 saturated carbocycles. The second kappa shape index (κ2) is 8.56. The van der Waals surface area contributed by atoms with Gasteiger partial charge in [0, 0.05) is 26.1 Å². The highest BCUT2D eigenvalue weighted by molar-refractivity contribution is 5.85. The predicted octanol–water partition coefficient (Wildman–Crippen LogP) is 2.45. The van der Waals surface area contributed by atoms with Crippen LogP contribution in [-0.2, 0) is 16.1 Å². The van der Waals surface area contributed by atoms with Gasteiger partial charge >= 0.3 is 0 Å². The number of carbonyl (C=O) groups is 2. The number of hydrogen-bond donors (Lipinski definition) is 0. The Hall–Kier alpha value is -2.04. The summed E-state index contributed by atoms with van der Waals surface area (Å²) >= 11 is 0. The van der Waals surface area contributed by atoms with Crippen molar-refractivity contribution in [2.24, 2.45) is 0 Å². The number of ether oxygens (including phenoxy) is 1. The zero-order chi connectivity index (χ0) is 16.7. The van der Waals surface area contributed by atoms with Gasteiger partial charge in [0.25, 0.3) is 0 Å². The van der Waals surface area contributed by atoms with Gasteiger partial charge in [-0.3, -0.25) is 9.59 Å². The molecule has 1 aromatic carbocycles. The molecule has 1 aromatic rings. The van der Waals surface area contributed by atoms with Crippen LogP contribution in [0, 0.1) is 0 Å². The lowest BCUT2D eigenvalue weighted by Crippen LogP contribution is -2.42. The summed E-state index contributed by atoms with van der Waals surface area (Å²) in [6.07, 6.45) is 3.56. The van der Waals surface area contributed by atoms with Gasteiger partial charge in [-0.25, -0.2) is 0 Å². The van der Waals surface area contributed by atoms with Gasteiger partial charge in [0.2, 0.25) is 11.8 Å². The summed E-state index contributed by atoms with van der Waals surface area (Å²) < 4.78 is 5.15. The van der Waals surface area contributed by atoms with Crippen molar-refractivity contribution in [3.05, 3.63) is 29.8 Å². The van der Waals surface area contributed by atoms with Crippen LogP contribution >= 0.6 is 0 Å². The van der Waals surface area contributed by atoms with Crippen molar-refractivity contribution < 1.29 is 14.3 Å². The van der Waals surface area contributed by atoms with Gasteiger partial charge in [-0.2, -0.15) is 0 Å². The summed E-state index contributed by atoms with van der Waals surface area (Å²) in [6, 6.07) is 7.72. The Balaban J connectivity index is 1.95. The number of likely N-dealkylation sites (N-methyl/N-ethyl adjacent to an activating group) is 1. The molecule has 23 heavy (non-hydrogen) atoms. The lowest BCUT2D eigenvalue weighted by Gasteiger charge is -2.26. The number of likely N-dealkylation sites (tertiary alicyclic amines) is 1. The summed E-state index contributed by atoms with van der Waals surface area (Å²) in [5.74, 6) is 0.924. The van der Waals surface area contributed by atoms with Gasteiger partial charge < -0.3 is 14.5 Å². The molecule has 0 bridgehead atoms. The van der Waals surface area contributed by atoms with E-state index in [4.69, 9.17) is 4.74 Å². The topological polar surface area (TPSA) is 49.9 Å². The second-order valence-electron chi connectivity index (χ2n) is 5.88. The molecule has 1 fully saturated rings. The molecule has 0 aliphatic carbocycles. The third-order valence-corrected chi connectivity index (χ3v) is 4.26. The molecule has 2 rings (SSSR count). The smallest absolute Gasteiger partial charge is 0.242 e. The van der Waals surface area contributed by atoms with E-state index >= 15 is 0 Å². The zero-order valence-corrected chi connectivity index (χ0v) is 14.1. The highest BCUT2D eigenvalue weighted by Gasteiger charge is 2.21. The van der Waals surface area contributed by atoms with Crippen molar-refractivity contribution in [3.63, 3.8) is 0 Å². The Morgan fingerprint density at radius 3 is 2.61 bits per heavy atom. The van der Waals surface area contributed by atoms with Crippen LogP contribution in [0.15, 0.2) is 24.3 Å². The van der Waals surface area contributed by atoms with Crippen molar-refractivity contribution in [2.75, 3.05) is 26.7 Å². The molecule has 1 heterocycles. The second-order valence-corrected chi connectivity index (χ2v) is 5.88. The van der Waals surface area contributed by atoms with E-state index < -0.39 is 0 Å². The van der Waals surface area contributed by atoms with Crippen molar-refractivity contribution in [3.8, 4) is 5.75 Å². The van der Waals surface area contributed by atoms with Crippen molar-refractivity contribution in [1.29, 1.82) is 0 Å². The van der Waals surface area contributed by atoms with Gasteiger partial charge in [0.05, 0.1) is 13.7 Å². The first-order valence-electron chi connectivity index (χ1n) is 8.32. The van der Waals surface area contributed by atoms with E-state index in [9.17, 15) is 9.59 Å². The van der Waals surface area contributed by atoms with E-state index in [1.165, 1.54) is 0 Å². The summed E-state index contributed by atoms with van der Waals surface area (Å²) in [4.78, 5) is 28.1. The molecule has 2 amide bonds. The highest BCUT2D eigenvalue weighted by atomic mass is 16.5. The monoisotopic (exact) mass is 318 g/mol. The predicted molar refractivity (Wildman–Crippen MR) is 89.1 cm³/mol. The summed E-state index contributed by atoms with van der Waals surface area (Å²) in [5, 5.41) is 0. The normalized spacial score (nSPS) is 15.2. The zero-order valence-electron chi connectivity index (χ0n) is 14.1. The van der Waals surface area contributed by atoms with E-state index in [1.807, 2.05) is 31.2 Å². The molecule has 0 atom stereocenters. The average Bonchev–Trinajstić information content (AvgIpc) is 2.77. The number of amides is 2. The first-order chi connectivity index (χ1) is 11.1. The molecule has 0 aromatic heterocycles. The third kappa shape index (κ3) is 4.98. The molecule has 5 heteroatoms. The van der Waals surface area contributed by atoms with Crippen LogP contribution in [0.25, 0.3) is 0 Å². The van der Waals surface area contributed by atoms with Crippen LogP contribution in [0.1, 0.15) is 38.2 Å². The van der Waals surface area contributed by atoms with Crippen molar-refractivity contribution >= 4 is 11.8 Å². The molecule has 1 aliphatic heterocycles. The number of hydrogen-bond acceptors (Lipinski definition) is 3. The van der Waals surface area contributed by atoms with Crippen LogP contribution in [0.3, 0.4) is 0 Å². The average molecular weight is 318 g/mol. The van der Waals surface area contributed by atoms with Gasteiger partial charge in [0.1, 0.15) is 5.75 Å². The molecule has 5 nitrogen and oxygen atoms in total. The van der Waals surface area contributed by atoms with Crippen LogP contribution in [-0.4, -0.2) is 48.4 Å².